The molecule has 0 bridgehead atoms. The number of nitrogens with one attached hydrogen (secondary N) is 1. The molecule has 0 radical (unpaired) electrons. The molecule has 0 spiro atoms. The standard InChI is InChI=1S/C8H6Cl2N2/c1-4-2-12-8(10)7-6(4)5(9)3-11-7/h2-3,11H,1H3. The van der Waals surface area contributed by atoms with Crippen LogP contribution in [0.2, 0.25) is 10.2 Å². The number of fused-ring (bicyclic) bond motifs is 1. The summed E-state index contributed by atoms with van der Waals surface area (Å²) in [6, 6.07) is 0. The summed E-state index contributed by atoms with van der Waals surface area (Å²) in [6.45, 7) is 1.95. The first-order chi connectivity index (χ1) is 5.70. The van der Waals surface area contributed by atoms with Crippen LogP contribution in [-0.2, 0) is 0 Å². The van der Waals surface area contributed by atoms with E-state index in [2.05, 4.69) is 9.97 Å². The van der Waals surface area contributed by atoms with Gasteiger partial charge in [-0.3, -0.25) is 0 Å². The number of hydrogen-bond donors (Lipinski definition) is 1. The minimum atomic E-state index is 0.461. The number of rotatable bonds is 0. The minimum Gasteiger partial charge on any atom is -0.357 e. The van der Waals surface area contributed by atoms with Gasteiger partial charge in [0.05, 0.1) is 10.5 Å². The monoisotopic (exact) mass is 200 g/mol. The summed E-state index contributed by atoms with van der Waals surface area (Å²) < 4.78 is 0. The Bertz CT molecular complexity index is 434. The van der Waals surface area contributed by atoms with Crippen LogP contribution in [0.1, 0.15) is 5.56 Å². The molecule has 62 valence electrons. The number of nitrogens with zero attached hydrogens (tertiary/aromatic N) is 1. The van der Waals surface area contributed by atoms with Gasteiger partial charge in [0.15, 0.2) is 5.15 Å². The summed E-state index contributed by atoms with van der Waals surface area (Å²) in [5, 5.41) is 2.10. The lowest BCUT2D eigenvalue weighted by Crippen LogP contribution is -1.81. The van der Waals surface area contributed by atoms with Crippen LogP contribution < -0.4 is 0 Å². The summed E-state index contributed by atoms with van der Waals surface area (Å²) >= 11 is 11.8. The lowest BCUT2D eigenvalue weighted by Gasteiger charge is -1.96. The molecule has 12 heavy (non-hydrogen) atoms. The molecule has 0 aliphatic carbocycles. The van der Waals surface area contributed by atoms with Crippen molar-refractivity contribution in [1.82, 2.24) is 9.97 Å². The predicted octanol–water partition coefficient (Wildman–Crippen LogP) is 3.18. The van der Waals surface area contributed by atoms with Crippen LogP contribution in [0.3, 0.4) is 0 Å². The van der Waals surface area contributed by atoms with E-state index in [0.29, 0.717) is 10.2 Å². The number of H-pyrrole nitrogens is 1. The van der Waals surface area contributed by atoms with Crippen molar-refractivity contribution in [2.24, 2.45) is 0 Å². The summed E-state index contributed by atoms with van der Waals surface area (Å²) in [4.78, 5) is 6.97. The van der Waals surface area contributed by atoms with Crippen molar-refractivity contribution < 1.29 is 0 Å². The fourth-order valence-corrected chi connectivity index (χ4v) is 1.73. The van der Waals surface area contributed by atoms with E-state index >= 15 is 0 Å². The highest BCUT2D eigenvalue weighted by Gasteiger charge is 2.07. The van der Waals surface area contributed by atoms with Gasteiger partial charge < -0.3 is 4.98 Å². The Morgan fingerprint density at radius 3 is 2.83 bits per heavy atom. The molecule has 2 nitrogen and oxygen atoms in total. The third-order valence-corrected chi connectivity index (χ3v) is 2.39. The van der Waals surface area contributed by atoms with Crippen molar-refractivity contribution in [1.29, 1.82) is 0 Å². The number of aryl methyl sites for hydroxylation is 1. The quantitative estimate of drug-likeness (QED) is 0.651. The molecule has 0 aromatic carbocycles. The molecule has 0 fully saturated rings. The van der Waals surface area contributed by atoms with Crippen molar-refractivity contribution in [3.63, 3.8) is 0 Å². The van der Waals surface area contributed by atoms with Crippen molar-refractivity contribution in [2.75, 3.05) is 0 Å². The Kier molecular flexibility index (Phi) is 1.74. The average molecular weight is 201 g/mol. The van der Waals surface area contributed by atoms with E-state index in [9.17, 15) is 0 Å². The molecule has 0 aliphatic heterocycles. The highest BCUT2D eigenvalue weighted by Crippen LogP contribution is 2.29. The zero-order chi connectivity index (χ0) is 8.72. The first kappa shape index (κ1) is 7.90. The van der Waals surface area contributed by atoms with Crippen LogP contribution in [0, 0.1) is 6.92 Å². The zero-order valence-corrected chi connectivity index (χ0v) is 7.87. The van der Waals surface area contributed by atoms with E-state index in [1.54, 1.807) is 12.4 Å². The smallest absolute Gasteiger partial charge is 0.153 e. The lowest BCUT2D eigenvalue weighted by molar-refractivity contribution is 1.29. The SMILES string of the molecule is Cc1cnc(Cl)c2[nH]cc(Cl)c12. The number of halogens is 2. The Balaban J connectivity index is 2.98. The maximum atomic E-state index is 5.93. The minimum absolute atomic E-state index is 0.461. The molecule has 0 amide bonds. The first-order valence-electron chi connectivity index (χ1n) is 3.48. The Labute approximate surface area is 79.5 Å². The van der Waals surface area contributed by atoms with Gasteiger partial charge in [0.2, 0.25) is 0 Å². The van der Waals surface area contributed by atoms with E-state index in [1.807, 2.05) is 6.92 Å². The third-order valence-electron chi connectivity index (χ3n) is 1.80. The second-order valence-corrected chi connectivity index (χ2v) is 3.38. The van der Waals surface area contributed by atoms with Crippen LogP contribution in [-0.4, -0.2) is 9.97 Å². The van der Waals surface area contributed by atoms with Crippen molar-refractivity contribution in [3.05, 3.63) is 28.1 Å². The fraction of sp³-hybridized carbons (Fsp3) is 0.125. The van der Waals surface area contributed by atoms with Gasteiger partial charge in [0.25, 0.3) is 0 Å². The Hall–Kier alpha value is -0.730. The van der Waals surface area contributed by atoms with Crippen LogP contribution in [0.4, 0.5) is 0 Å². The number of aromatic nitrogens is 2. The number of hydrogen-bond acceptors (Lipinski definition) is 1. The molecule has 2 aromatic rings. The largest absolute Gasteiger partial charge is 0.357 e. The van der Waals surface area contributed by atoms with Crippen LogP contribution in [0.25, 0.3) is 10.9 Å². The van der Waals surface area contributed by atoms with Gasteiger partial charge in [-0.25, -0.2) is 4.98 Å². The topological polar surface area (TPSA) is 28.7 Å². The molecule has 2 aromatic heterocycles. The van der Waals surface area contributed by atoms with Gasteiger partial charge in [-0.15, -0.1) is 0 Å². The molecule has 0 atom stereocenters. The van der Waals surface area contributed by atoms with Gasteiger partial charge in [-0.1, -0.05) is 23.2 Å². The van der Waals surface area contributed by atoms with Crippen molar-refractivity contribution in [3.8, 4) is 0 Å². The van der Waals surface area contributed by atoms with E-state index in [-0.39, 0.29) is 0 Å². The Morgan fingerprint density at radius 2 is 2.17 bits per heavy atom. The summed E-state index contributed by atoms with van der Waals surface area (Å²) in [7, 11) is 0. The van der Waals surface area contributed by atoms with Gasteiger partial charge in [-0.2, -0.15) is 0 Å². The van der Waals surface area contributed by atoms with Gasteiger partial charge in [0.1, 0.15) is 0 Å². The summed E-state index contributed by atoms with van der Waals surface area (Å²) in [5.41, 5.74) is 1.84. The molecule has 2 heterocycles. The lowest BCUT2D eigenvalue weighted by atomic mass is 10.2. The average Bonchev–Trinajstić information content (AvgIpc) is 2.42. The highest BCUT2D eigenvalue weighted by atomic mass is 35.5. The van der Waals surface area contributed by atoms with Crippen LogP contribution in [0.5, 0.6) is 0 Å². The molecule has 4 heteroatoms. The fourth-order valence-electron chi connectivity index (χ4n) is 1.23. The van der Waals surface area contributed by atoms with E-state index in [0.717, 1.165) is 16.5 Å². The molecule has 0 saturated heterocycles. The van der Waals surface area contributed by atoms with E-state index < -0.39 is 0 Å². The third kappa shape index (κ3) is 0.993. The number of aromatic amines is 1. The van der Waals surface area contributed by atoms with Gasteiger partial charge in [-0.05, 0) is 12.5 Å². The van der Waals surface area contributed by atoms with Gasteiger partial charge in [0, 0.05) is 17.8 Å². The molecule has 0 unspecified atom stereocenters. The van der Waals surface area contributed by atoms with E-state index in [1.165, 1.54) is 0 Å². The van der Waals surface area contributed by atoms with Gasteiger partial charge >= 0.3 is 0 Å². The molecule has 0 aliphatic rings. The molecule has 1 N–H and O–H groups in total. The Morgan fingerprint density at radius 1 is 1.42 bits per heavy atom. The molecular formula is C8H6Cl2N2. The highest BCUT2D eigenvalue weighted by molar-refractivity contribution is 6.39. The maximum Gasteiger partial charge on any atom is 0.153 e. The molecule has 0 saturated carbocycles. The molecule has 2 rings (SSSR count). The summed E-state index contributed by atoms with van der Waals surface area (Å²) in [5.74, 6) is 0. The van der Waals surface area contributed by atoms with Crippen LogP contribution >= 0.6 is 23.2 Å². The molecular weight excluding hydrogens is 195 g/mol. The zero-order valence-electron chi connectivity index (χ0n) is 6.36. The summed E-state index contributed by atoms with van der Waals surface area (Å²) in [6.07, 6.45) is 3.43. The second kappa shape index (κ2) is 2.64. The van der Waals surface area contributed by atoms with Crippen molar-refractivity contribution >= 4 is 34.1 Å². The van der Waals surface area contributed by atoms with Crippen LogP contribution in [0.15, 0.2) is 12.4 Å². The normalized spacial score (nSPS) is 10.9. The second-order valence-electron chi connectivity index (χ2n) is 2.62. The van der Waals surface area contributed by atoms with Crippen molar-refractivity contribution in [2.45, 2.75) is 6.92 Å². The predicted molar refractivity (Wildman–Crippen MR) is 50.9 cm³/mol. The number of pyridine rings is 1. The first-order valence-corrected chi connectivity index (χ1v) is 4.23. The van der Waals surface area contributed by atoms with E-state index in [4.69, 9.17) is 23.2 Å². The maximum absolute atomic E-state index is 5.93.